The molecule has 1 aromatic carbocycles. The number of furan rings is 1. The number of pyridine rings is 2. The highest BCUT2D eigenvalue weighted by atomic mass is 35.5. The minimum absolute atomic E-state index is 0.225. The Morgan fingerprint density at radius 1 is 1.12 bits per heavy atom. The zero-order chi connectivity index (χ0) is 23.4. The number of oxime groups is 1. The van der Waals surface area contributed by atoms with Gasteiger partial charge in [0.15, 0.2) is 17.1 Å². The third-order valence-corrected chi connectivity index (χ3v) is 5.32. The van der Waals surface area contributed by atoms with Crippen molar-refractivity contribution < 1.29 is 18.8 Å². The number of carbonyl (C=O) groups excluding carboxylic acids is 1. The van der Waals surface area contributed by atoms with Gasteiger partial charge in [-0.25, -0.2) is 0 Å². The molecule has 33 heavy (non-hydrogen) atoms. The van der Waals surface area contributed by atoms with Crippen molar-refractivity contribution in [2.24, 2.45) is 5.16 Å². The fourth-order valence-electron chi connectivity index (χ4n) is 3.07. The number of nitrogens with one attached hydrogen (secondary N) is 1. The monoisotopic (exact) mass is 484 g/mol. The predicted octanol–water partition coefficient (Wildman–Crippen LogP) is 5.73. The van der Waals surface area contributed by atoms with Crippen LogP contribution in [0.3, 0.4) is 0 Å². The van der Waals surface area contributed by atoms with E-state index in [4.69, 9.17) is 37.2 Å². The van der Waals surface area contributed by atoms with Crippen molar-refractivity contribution in [1.82, 2.24) is 9.97 Å². The molecule has 0 radical (unpaired) electrons. The van der Waals surface area contributed by atoms with E-state index < -0.39 is 5.91 Å². The second-order valence-corrected chi connectivity index (χ2v) is 7.72. The summed E-state index contributed by atoms with van der Waals surface area (Å²) in [6, 6.07) is 8.65. The molecule has 0 unspecified atom stereocenters. The van der Waals surface area contributed by atoms with Crippen LogP contribution in [0.5, 0.6) is 5.75 Å². The molecule has 8 nitrogen and oxygen atoms in total. The molecule has 0 saturated heterocycles. The standard InChI is InChI=1S/C23H18Cl2N4O4/c1-13(29-32-12-14-5-7-26-8-6-14)20-9-16-15(3-4-19(31-2)22(16)33-20)23(30)28-21-17(24)10-27-11-18(21)25/h3-11H,12H2,1-2H3,(H,27,28,30)/b29-13+. The van der Waals surface area contributed by atoms with Crippen LogP contribution in [0.2, 0.25) is 10.0 Å². The SMILES string of the molecule is COc1ccc(C(=O)Nc2c(Cl)cncc2Cl)c2cc(/C(C)=N/OCc3ccncc3)oc12. The molecule has 4 rings (SSSR count). The summed E-state index contributed by atoms with van der Waals surface area (Å²) >= 11 is 12.3. The van der Waals surface area contributed by atoms with Crippen molar-refractivity contribution in [2.75, 3.05) is 12.4 Å². The summed E-state index contributed by atoms with van der Waals surface area (Å²) < 4.78 is 11.4. The van der Waals surface area contributed by atoms with Crippen molar-refractivity contribution in [3.05, 3.63) is 82.1 Å². The Hall–Kier alpha value is -3.62. The van der Waals surface area contributed by atoms with Gasteiger partial charge in [-0.05, 0) is 42.8 Å². The fraction of sp³-hybridized carbons (Fsp3) is 0.130. The van der Waals surface area contributed by atoms with Gasteiger partial charge in [0.05, 0.1) is 28.4 Å². The highest BCUT2D eigenvalue weighted by molar-refractivity contribution is 6.39. The Kier molecular flexibility index (Phi) is 6.76. The van der Waals surface area contributed by atoms with Gasteiger partial charge in [0.1, 0.15) is 12.3 Å². The van der Waals surface area contributed by atoms with E-state index in [0.29, 0.717) is 33.8 Å². The third-order valence-electron chi connectivity index (χ3n) is 4.74. The Labute approximate surface area is 199 Å². The lowest BCUT2D eigenvalue weighted by Crippen LogP contribution is -2.13. The molecule has 0 aliphatic rings. The van der Waals surface area contributed by atoms with E-state index in [9.17, 15) is 4.79 Å². The summed E-state index contributed by atoms with van der Waals surface area (Å²) in [6.45, 7) is 2.03. The number of nitrogens with zero attached hydrogens (tertiary/aromatic N) is 3. The average Bonchev–Trinajstić information content (AvgIpc) is 3.27. The van der Waals surface area contributed by atoms with Gasteiger partial charge in [-0.1, -0.05) is 28.4 Å². The molecule has 0 saturated carbocycles. The maximum atomic E-state index is 13.0. The van der Waals surface area contributed by atoms with Crippen LogP contribution < -0.4 is 10.1 Å². The first-order chi connectivity index (χ1) is 16.0. The van der Waals surface area contributed by atoms with E-state index in [0.717, 1.165) is 5.56 Å². The van der Waals surface area contributed by atoms with Gasteiger partial charge in [-0.2, -0.15) is 0 Å². The summed E-state index contributed by atoms with van der Waals surface area (Å²) in [5.74, 6) is 0.477. The minimum atomic E-state index is -0.423. The van der Waals surface area contributed by atoms with Crippen molar-refractivity contribution in [1.29, 1.82) is 0 Å². The van der Waals surface area contributed by atoms with Crippen LogP contribution in [0.1, 0.15) is 28.6 Å². The highest BCUT2D eigenvalue weighted by Crippen LogP contribution is 2.34. The minimum Gasteiger partial charge on any atom is -0.493 e. The zero-order valence-electron chi connectivity index (χ0n) is 17.6. The van der Waals surface area contributed by atoms with Crippen LogP contribution in [0.4, 0.5) is 5.69 Å². The van der Waals surface area contributed by atoms with E-state index in [-0.39, 0.29) is 22.3 Å². The molecule has 0 aliphatic carbocycles. The number of rotatable bonds is 7. The molecule has 0 bridgehead atoms. The number of hydrogen-bond acceptors (Lipinski definition) is 7. The Balaban J connectivity index is 1.64. The first-order valence-electron chi connectivity index (χ1n) is 9.74. The molecule has 0 spiro atoms. The number of anilines is 1. The first kappa shape index (κ1) is 22.6. The number of ether oxygens (including phenoxy) is 1. The molecule has 0 aliphatic heterocycles. The van der Waals surface area contributed by atoms with Gasteiger partial charge >= 0.3 is 0 Å². The number of amides is 1. The lowest BCUT2D eigenvalue weighted by Gasteiger charge is -2.10. The normalized spacial score (nSPS) is 11.5. The fourth-order valence-corrected chi connectivity index (χ4v) is 3.53. The number of halogens is 2. The quantitative estimate of drug-likeness (QED) is 0.265. The van der Waals surface area contributed by atoms with Crippen LogP contribution in [-0.2, 0) is 11.4 Å². The van der Waals surface area contributed by atoms with Gasteiger partial charge in [-0.15, -0.1) is 0 Å². The third kappa shape index (κ3) is 4.92. The van der Waals surface area contributed by atoms with E-state index >= 15 is 0 Å². The van der Waals surface area contributed by atoms with Gasteiger partial charge in [-0.3, -0.25) is 14.8 Å². The number of hydrogen-bond donors (Lipinski definition) is 1. The Morgan fingerprint density at radius 2 is 1.85 bits per heavy atom. The molecular formula is C23H18Cl2N4O4. The molecule has 0 atom stereocenters. The summed E-state index contributed by atoms with van der Waals surface area (Å²) in [4.78, 5) is 26.3. The lowest BCUT2D eigenvalue weighted by molar-refractivity contribution is 0.102. The maximum absolute atomic E-state index is 13.0. The van der Waals surface area contributed by atoms with Crippen LogP contribution in [0, 0.1) is 0 Å². The van der Waals surface area contributed by atoms with Crippen LogP contribution in [0.25, 0.3) is 11.0 Å². The van der Waals surface area contributed by atoms with Crippen LogP contribution in [0.15, 0.2) is 64.7 Å². The van der Waals surface area contributed by atoms with E-state index in [1.807, 2.05) is 12.1 Å². The molecule has 4 aromatic rings. The molecule has 168 valence electrons. The second-order valence-electron chi connectivity index (χ2n) is 6.91. The molecule has 3 heterocycles. The highest BCUT2D eigenvalue weighted by Gasteiger charge is 2.20. The smallest absolute Gasteiger partial charge is 0.256 e. The van der Waals surface area contributed by atoms with Gasteiger partial charge in [0, 0.05) is 30.2 Å². The zero-order valence-corrected chi connectivity index (χ0v) is 19.1. The summed E-state index contributed by atoms with van der Waals surface area (Å²) in [6.07, 6.45) is 6.15. The molecule has 3 aromatic heterocycles. The molecule has 10 heteroatoms. The lowest BCUT2D eigenvalue weighted by atomic mass is 10.1. The number of aromatic nitrogens is 2. The van der Waals surface area contributed by atoms with E-state index in [1.165, 1.54) is 19.5 Å². The second kappa shape index (κ2) is 9.89. The molecular weight excluding hydrogens is 467 g/mol. The topological polar surface area (TPSA) is 98.8 Å². The number of fused-ring (bicyclic) bond motifs is 1. The first-order valence-corrected chi connectivity index (χ1v) is 10.5. The van der Waals surface area contributed by atoms with Crippen molar-refractivity contribution >= 4 is 51.5 Å². The molecule has 1 N–H and O–H groups in total. The van der Waals surface area contributed by atoms with Crippen LogP contribution in [-0.4, -0.2) is 28.7 Å². The van der Waals surface area contributed by atoms with Crippen LogP contribution >= 0.6 is 23.2 Å². The van der Waals surface area contributed by atoms with Crippen molar-refractivity contribution in [3.63, 3.8) is 0 Å². The Morgan fingerprint density at radius 3 is 2.55 bits per heavy atom. The predicted molar refractivity (Wildman–Crippen MR) is 126 cm³/mol. The number of methoxy groups -OCH3 is 1. The van der Waals surface area contributed by atoms with E-state index in [2.05, 4.69) is 20.4 Å². The Bertz CT molecular complexity index is 1320. The maximum Gasteiger partial charge on any atom is 0.256 e. The van der Waals surface area contributed by atoms with E-state index in [1.54, 1.807) is 37.5 Å². The van der Waals surface area contributed by atoms with Gasteiger partial charge < -0.3 is 19.3 Å². The number of benzene rings is 1. The molecule has 0 fully saturated rings. The summed E-state index contributed by atoms with van der Waals surface area (Å²) in [5, 5.41) is 7.84. The summed E-state index contributed by atoms with van der Waals surface area (Å²) in [7, 11) is 1.52. The summed E-state index contributed by atoms with van der Waals surface area (Å²) in [5.41, 5.74) is 2.44. The van der Waals surface area contributed by atoms with Crippen molar-refractivity contribution in [2.45, 2.75) is 13.5 Å². The van der Waals surface area contributed by atoms with Crippen molar-refractivity contribution in [3.8, 4) is 5.75 Å². The number of carbonyl (C=O) groups is 1. The van der Waals surface area contributed by atoms with Gasteiger partial charge in [0.25, 0.3) is 5.91 Å². The largest absolute Gasteiger partial charge is 0.493 e. The van der Waals surface area contributed by atoms with Gasteiger partial charge in [0.2, 0.25) is 0 Å². The average molecular weight is 485 g/mol. The molecule has 1 amide bonds.